The number of alkyl halides is 3. The molecule has 19 heavy (non-hydrogen) atoms. The summed E-state index contributed by atoms with van der Waals surface area (Å²) in [5.41, 5.74) is -1.15. The van der Waals surface area contributed by atoms with Crippen molar-refractivity contribution in [3.05, 3.63) is 41.5 Å². The number of benzene rings is 2. The lowest BCUT2D eigenvalue weighted by Gasteiger charge is -2.13. The molecule has 2 aromatic rings. The molecule has 0 unspecified atom stereocenters. The molecular weight excluding hydrogens is 376 g/mol. The minimum atomic E-state index is -4.54. The zero-order valence-electron chi connectivity index (χ0n) is 9.16. The van der Waals surface area contributed by atoms with Crippen LogP contribution in [0.25, 0.3) is 10.8 Å². The van der Waals surface area contributed by atoms with E-state index in [1.165, 1.54) is 47.3 Å². The highest BCUT2D eigenvalue weighted by Crippen LogP contribution is 2.38. The monoisotopic (exact) mass is 382 g/mol. The first-order valence-corrected chi connectivity index (χ1v) is 5.89. The third-order valence-corrected chi connectivity index (χ3v) is 3.10. The van der Waals surface area contributed by atoms with Gasteiger partial charge in [-0.1, -0.05) is 12.1 Å². The third kappa shape index (κ3) is 2.46. The van der Waals surface area contributed by atoms with Crippen LogP contribution < -0.4 is 3.07 Å². The van der Waals surface area contributed by atoms with Crippen molar-refractivity contribution in [2.75, 3.05) is 0 Å². The zero-order chi connectivity index (χ0) is 14.2. The summed E-state index contributed by atoms with van der Waals surface area (Å²) in [6.07, 6.45) is -4.54. The average molecular weight is 382 g/mol. The van der Waals surface area contributed by atoms with E-state index in [0.29, 0.717) is 0 Å². The third-order valence-electron chi connectivity index (χ3n) is 2.63. The Bertz CT molecular complexity index is 652. The molecule has 0 heterocycles. The molecule has 0 bridgehead atoms. The number of hydrogen-bond donors (Lipinski definition) is 1. The quantitative estimate of drug-likeness (QED) is 0.789. The highest BCUT2D eigenvalue weighted by atomic mass is 127. The summed E-state index contributed by atoms with van der Waals surface area (Å²) in [6, 6.07) is 5.84. The fourth-order valence-electron chi connectivity index (χ4n) is 1.87. The topological polar surface area (TPSA) is 46.5 Å². The molecule has 0 atom stereocenters. The van der Waals surface area contributed by atoms with Crippen LogP contribution in [0.2, 0.25) is 0 Å². The molecule has 2 rings (SSSR count). The summed E-state index contributed by atoms with van der Waals surface area (Å²) in [5, 5.41) is 8.96. The Balaban J connectivity index is 2.89. The van der Waals surface area contributed by atoms with E-state index in [0.717, 1.165) is 6.07 Å². The molecule has 0 aliphatic carbocycles. The number of hydrogen-bond acceptors (Lipinski definition) is 2. The van der Waals surface area contributed by atoms with Crippen LogP contribution in [-0.2, 0) is 6.18 Å². The van der Waals surface area contributed by atoms with Crippen LogP contribution in [0.15, 0.2) is 30.3 Å². The van der Waals surface area contributed by atoms with Crippen LogP contribution >= 0.6 is 23.0 Å². The molecule has 0 saturated heterocycles. The summed E-state index contributed by atoms with van der Waals surface area (Å²) in [6.45, 7) is 0. The number of fused-ring (bicyclic) bond motifs is 1. The van der Waals surface area contributed by atoms with E-state index in [1.807, 2.05) is 0 Å². The van der Waals surface area contributed by atoms with Gasteiger partial charge in [0.15, 0.2) is 23.0 Å². The second-order valence-corrected chi connectivity index (χ2v) is 4.16. The first-order valence-electron chi connectivity index (χ1n) is 5.01. The maximum absolute atomic E-state index is 12.9. The van der Waals surface area contributed by atoms with Gasteiger partial charge in [-0.05, 0) is 23.6 Å². The van der Waals surface area contributed by atoms with E-state index in [4.69, 9.17) is 8.17 Å². The van der Waals surface area contributed by atoms with Crippen LogP contribution in [-0.4, -0.2) is 11.1 Å². The Labute approximate surface area is 119 Å². The number of halogens is 4. The predicted octanol–water partition coefficient (Wildman–Crippen LogP) is 4.29. The van der Waals surface area contributed by atoms with Crippen molar-refractivity contribution in [1.82, 2.24) is 0 Å². The van der Waals surface area contributed by atoms with E-state index in [1.54, 1.807) is 0 Å². The van der Waals surface area contributed by atoms with Crippen LogP contribution in [0.4, 0.5) is 13.2 Å². The van der Waals surface area contributed by atoms with Crippen LogP contribution in [0, 0.1) is 0 Å². The molecule has 0 fully saturated rings. The van der Waals surface area contributed by atoms with E-state index in [9.17, 15) is 18.0 Å². The molecule has 0 aliphatic rings. The number of carboxylic acids is 1. The molecule has 1 N–H and O–H groups in total. The lowest BCUT2D eigenvalue weighted by Crippen LogP contribution is -2.07. The zero-order valence-corrected chi connectivity index (χ0v) is 11.3. The molecule has 0 saturated carbocycles. The summed E-state index contributed by atoms with van der Waals surface area (Å²) in [5.74, 6) is -1.32. The van der Waals surface area contributed by atoms with Crippen LogP contribution in [0.5, 0.6) is 5.75 Å². The lowest BCUT2D eigenvalue weighted by atomic mass is 9.99. The van der Waals surface area contributed by atoms with E-state index >= 15 is 0 Å². The summed E-state index contributed by atoms with van der Waals surface area (Å²) in [7, 11) is 0. The molecule has 2 aromatic carbocycles. The largest absolute Gasteiger partial charge is 0.478 e. The normalized spacial score (nSPS) is 11.6. The Hall–Kier alpha value is -1.51. The first kappa shape index (κ1) is 13.9. The van der Waals surface area contributed by atoms with Gasteiger partial charge in [0, 0.05) is 5.39 Å². The van der Waals surface area contributed by atoms with Crippen molar-refractivity contribution in [2.24, 2.45) is 0 Å². The number of carbonyl (C=O) groups is 1. The fraction of sp³-hybridized carbons (Fsp3) is 0.0833. The Morgan fingerprint density at radius 3 is 2.37 bits per heavy atom. The van der Waals surface area contributed by atoms with E-state index in [-0.39, 0.29) is 22.1 Å². The molecule has 100 valence electrons. The molecule has 0 amide bonds. The minimum absolute atomic E-state index is 0.00325. The molecule has 0 aliphatic heterocycles. The van der Waals surface area contributed by atoms with Gasteiger partial charge in [0.05, 0.1) is 5.56 Å². The van der Waals surface area contributed by atoms with Crippen LogP contribution in [0.1, 0.15) is 15.9 Å². The summed E-state index contributed by atoms with van der Waals surface area (Å²) >= 11 is 1.48. The standard InChI is InChI=1S/C12H6F3IO3/c13-12(14,15)8-3-1-2-7-6(8)4-5-9(19-16)10(7)11(17)18/h1-5H,(H,17,18). The number of rotatable bonds is 2. The van der Waals surface area contributed by atoms with Crippen LogP contribution in [0.3, 0.4) is 0 Å². The fourth-order valence-corrected chi connectivity index (χ4v) is 2.24. The van der Waals surface area contributed by atoms with Gasteiger partial charge in [0.1, 0.15) is 11.3 Å². The van der Waals surface area contributed by atoms with Gasteiger partial charge in [0.2, 0.25) is 0 Å². The van der Waals surface area contributed by atoms with Gasteiger partial charge >= 0.3 is 12.1 Å². The average Bonchev–Trinajstić information content (AvgIpc) is 2.34. The molecule has 3 nitrogen and oxygen atoms in total. The smallest absolute Gasteiger partial charge is 0.417 e. The minimum Gasteiger partial charge on any atom is -0.478 e. The van der Waals surface area contributed by atoms with E-state index < -0.39 is 17.7 Å². The van der Waals surface area contributed by atoms with Crippen molar-refractivity contribution in [1.29, 1.82) is 0 Å². The Kier molecular flexibility index (Phi) is 3.57. The van der Waals surface area contributed by atoms with Crippen molar-refractivity contribution in [3.63, 3.8) is 0 Å². The predicted molar refractivity (Wildman–Crippen MR) is 70.6 cm³/mol. The number of carboxylic acid groups (broad SMARTS) is 1. The summed E-state index contributed by atoms with van der Waals surface area (Å²) in [4.78, 5) is 11.2. The van der Waals surface area contributed by atoms with Gasteiger partial charge in [-0.25, -0.2) is 4.79 Å². The molecule has 0 spiro atoms. The van der Waals surface area contributed by atoms with Crippen molar-refractivity contribution in [3.8, 4) is 5.75 Å². The second kappa shape index (κ2) is 4.87. The number of aromatic carboxylic acids is 1. The molecule has 7 heteroatoms. The van der Waals surface area contributed by atoms with Crippen molar-refractivity contribution >= 4 is 39.7 Å². The lowest BCUT2D eigenvalue weighted by molar-refractivity contribution is -0.136. The first-order chi connectivity index (χ1) is 8.86. The SMILES string of the molecule is O=C(O)c1c(OI)ccc2c(C(F)(F)F)cccc12. The highest BCUT2D eigenvalue weighted by Gasteiger charge is 2.33. The van der Waals surface area contributed by atoms with Gasteiger partial charge in [-0.3, -0.25) is 0 Å². The maximum Gasteiger partial charge on any atom is 0.417 e. The van der Waals surface area contributed by atoms with E-state index in [2.05, 4.69) is 0 Å². The molecule has 0 radical (unpaired) electrons. The van der Waals surface area contributed by atoms with Crippen molar-refractivity contribution < 1.29 is 26.1 Å². The Morgan fingerprint density at radius 2 is 1.84 bits per heavy atom. The summed E-state index contributed by atoms with van der Waals surface area (Å²) < 4.78 is 43.4. The highest BCUT2D eigenvalue weighted by molar-refractivity contribution is 14.1. The van der Waals surface area contributed by atoms with Gasteiger partial charge in [-0.15, -0.1) is 0 Å². The van der Waals surface area contributed by atoms with Crippen molar-refractivity contribution in [2.45, 2.75) is 6.18 Å². The molecular formula is C12H6F3IO3. The molecule has 0 aromatic heterocycles. The Morgan fingerprint density at radius 1 is 1.16 bits per heavy atom. The van der Waals surface area contributed by atoms with Gasteiger partial charge < -0.3 is 8.17 Å². The maximum atomic E-state index is 12.9. The second-order valence-electron chi connectivity index (χ2n) is 3.72. The van der Waals surface area contributed by atoms with Gasteiger partial charge in [0.25, 0.3) is 0 Å². The van der Waals surface area contributed by atoms with Gasteiger partial charge in [-0.2, -0.15) is 13.2 Å².